The van der Waals surface area contributed by atoms with Gasteiger partial charge in [-0.2, -0.15) is 8.42 Å². The van der Waals surface area contributed by atoms with Gasteiger partial charge in [0.1, 0.15) is 30.5 Å². The maximum Gasteiger partial charge on any atom is 0.397 e. The summed E-state index contributed by atoms with van der Waals surface area (Å²) in [6, 6.07) is 0. The van der Waals surface area contributed by atoms with Crippen molar-refractivity contribution >= 4 is 16.4 Å². The van der Waals surface area contributed by atoms with E-state index in [1.807, 2.05) is 0 Å². The SMILES string of the molecule is CC/C=C\C/C=C\C/C=C\C/C=C\CCCCCCCCCCCOCC(COC1OC(CO)C(O)C(OS(=O)(=O)O)C1O)OC(=O)CCCCCCCCCCCCCCCCCCCCCCCCC. The Bertz CT molecular complexity index is 1430. The third-order valence-corrected chi connectivity index (χ3v) is 13.9. The molecule has 12 nitrogen and oxygen atoms in total. The van der Waals surface area contributed by atoms with Gasteiger partial charge in [0.2, 0.25) is 0 Å². The fourth-order valence-electron chi connectivity index (χ4n) is 9.08. The molecule has 0 aliphatic carbocycles. The molecule has 13 heteroatoms. The lowest BCUT2D eigenvalue weighted by Crippen LogP contribution is -2.60. The Labute approximate surface area is 440 Å². The Morgan fingerprint density at radius 3 is 1.40 bits per heavy atom. The minimum Gasteiger partial charge on any atom is -0.457 e. The van der Waals surface area contributed by atoms with Crippen molar-refractivity contribution in [2.24, 2.45) is 0 Å². The van der Waals surface area contributed by atoms with Crippen molar-refractivity contribution in [2.75, 3.05) is 26.4 Å². The van der Waals surface area contributed by atoms with Crippen LogP contribution in [-0.2, 0) is 38.3 Å². The molecule has 422 valence electrons. The molecular weight excluding hydrogens is 933 g/mol. The first-order valence-corrected chi connectivity index (χ1v) is 30.8. The zero-order valence-corrected chi connectivity index (χ0v) is 46.6. The molecular formula is C59H108O12S. The van der Waals surface area contributed by atoms with Crippen LogP contribution >= 0.6 is 0 Å². The molecule has 1 fully saturated rings. The van der Waals surface area contributed by atoms with Crippen molar-refractivity contribution < 1.29 is 56.2 Å². The second-order valence-electron chi connectivity index (χ2n) is 20.2. The molecule has 0 bridgehead atoms. The average Bonchev–Trinajstić information content (AvgIpc) is 3.36. The molecule has 1 aliphatic heterocycles. The van der Waals surface area contributed by atoms with Gasteiger partial charge in [0.25, 0.3) is 0 Å². The lowest BCUT2D eigenvalue weighted by Gasteiger charge is -2.41. The molecule has 0 spiro atoms. The molecule has 0 saturated carbocycles. The van der Waals surface area contributed by atoms with Gasteiger partial charge in [-0.05, 0) is 51.4 Å². The molecule has 1 rings (SSSR count). The fraction of sp³-hybridized carbons (Fsp3) is 0.847. The topological polar surface area (TPSA) is 178 Å². The third kappa shape index (κ3) is 42.3. The first-order chi connectivity index (χ1) is 35.1. The maximum absolute atomic E-state index is 13.0. The monoisotopic (exact) mass is 1040 g/mol. The van der Waals surface area contributed by atoms with E-state index in [1.165, 1.54) is 161 Å². The number of ether oxygens (including phenoxy) is 4. The molecule has 6 atom stereocenters. The number of esters is 1. The van der Waals surface area contributed by atoms with E-state index < -0.39 is 59.8 Å². The predicted molar refractivity (Wildman–Crippen MR) is 294 cm³/mol. The molecule has 72 heavy (non-hydrogen) atoms. The van der Waals surface area contributed by atoms with Gasteiger partial charge in [0, 0.05) is 13.0 Å². The van der Waals surface area contributed by atoms with Gasteiger partial charge in [-0.3, -0.25) is 9.35 Å². The normalized spacial score (nSPS) is 19.2. The van der Waals surface area contributed by atoms with Gasteiger partial charge < -0.3 is 34.3 Å². The van der Waals surface area contributed by atoms with Gasteiger partial charge in [0.05, 0.1) is 19.8 Å². The number of aliphatic hydroxyl groups is 3. The summed E-state index contributed by atoms with van der Waals surface area (Å²) in [6.45, 7) is 3.92. The van der Waals surface area contributed by atoms with Crippen LogP contribution in [0.5, 0.6) is 0 Å². The standard InChI is InChI=1S/C59H108O12S/c1-3-5-7-9-11-13-15-17-19-21-23-25-27-28-30-32-34-36-38-40-42-44-46-48-55(61)69-53(52-68-59-57(63)58(71-72(64,65)66)56(62)54(50-60)70-59)51-67-49-47-45-43-41-39-37-35-33-31-29-26-24-22-20-18-16-14-12-10-8-6-4-2/h6,8,12,14,18,20,24,26,53-54,56-60,62-63H,3-5,7,9-11,13,15-17,19,21-23,25,27-52H2,1-2H3,(H,64,65,66)/b8-6-,14-12-,20-18-,26-24-. The van der Waals surface area contributed by atoms with Crippen LogP contribution in [0.2, 0.25) is 0 Å². The summed E-state index contributed by atoms with van der Waals surface area (Å²) in [4.78, 5) is 13.0. The van der Waals surface area contributed by atoms with Crippen molar-refractivity contribution in [3.63, 3.8) is 0 Å². The predicted octanol–water partition coefficient (Wildman–Crippen LogP) is 14.6. The average molecular weight is 1040 g/mol. The van der Waals surface area contributed by atoms with Crippen molar-refractivity contribution in [1.29, 1.82) is 0 Å². The molecule has 1 saturated heterocycles. The van der Waals surface area contributed by atoms with Crippen LogP contribution in [0.1, 0.15) is 258 Å². The highest BCUT2D eigenvalue weighted by atomic mass is 32.3. The highest BCUT2D eigenvalue weighted by Gasteiger charge is 2.48. The highest BCUT2D eigenvalue weighted by Crippen LogP contribution is 2.26. The van der Waals surface area contributed by atoms with Crippen molar-refractivity contribution in [2.45, 2.75) is 295 Å². The number of carbonyl (C=O) groups is 1. The van der Waals surface area contributed by atoms with E-state index in [0.29, 0.717) is 13.0 Å². The van der Waals surface area contributed by atoms with Gasteiger partial charge in [-0.15, -0.1) is 0 Å². The number of aliphatic hydroxyl groups excluding tert-OH is 3. The molecule has 0 radical (unpaired) electrons. The largest absolute Gasteiger partial charge is 0.457 e. The van der Waals surface area contributed by atoms with E-state index in [1.54, 1.807) is 0 Å². The summed E-state index contributed by atoms with van der Waals surface area (Å²) in [7, 11) is -5.07. The summed E-state index contributed by atoms with van der Waals surface area (Å²) in [6.07, 6.45) is 54.3. The quantitative estimate of drug-likeness (QED) is 0.0196. The smallest absolute Gasteiger partial charge is 0.397 e. The number of rotatable bonds is 52. The molecule has 0 aromatic carbocycles. The zero-order chi connectivity index (χ0) is 52.4. The lowest BCUT2D eigenvalue weighted by molar-refractivity contribution is -0.301. The molecule has 0 aromatic rings. The van der Waals surface area contributed by atoms with Gasteiger partial charge in [-0.25, -0.2) is 4.18 Å². The summed E-state index contributed by atoms with van der Waals surface area (Å²) in [5, 5.41) is 30.9. The minimum atomic E-state index is -5.07. The van der Waals surface area contributed by atoms with Crippen LogP contribution in [0, 0.1) is 0 Å². The summed E-state index contributed by atoms with van der Waals surface area (Å²) >= 11 is 0. The Hall–Kier alpha value is -1.94. The van der Waals surface area contributed by atoms with Crippen LogP contribution in [0.15, 0.2) is 48.6 Å². The molecule has 0 amide bonds. The summed E-state index contributed by atoms with van der Waals surface area (Å²) in [5.74, 6) is -0.396. The minimum absolute atomic E-state index is 0.0336. The van der Waals surface area contributed by atoms with Crippen molar-refractivity contribution in [3.05, 3.63) is 48.6 Å². The second kappa shape index (κ2) is 49.9. The molecule has 6 unspecified atom stereocenters. The maximum atomic E-state index is 13.0. The Morgan fingerprint density at radius 1 is 0.542 bits per heavy atom. The van der Waals surface area contributed by atoms with E-state index in [-0.39, 0.29) is 19.6 Å². The Balaban J connectivity index is 2.29. The van der Waals surface area contributed by atoms with Crippen LogP contribution < -0.4 is 0 Å². The first-order valence-electron chi connectivity index (χ1n) is 29.4. The van der Waals surface area contributed by atoms with Gasteiger partial charge >= 0.3 is 16.4 Å². The van der Waals surface area contributed by atoms with E-state index in [2.05, 4.69) is 66.6 Å². The Kier molecular flexibility index (Phi) is 47.2. The van der Waals surface area contributed by atoms with Crippen molar-refractivity contribution in [1.82, 2.24) is 0 Å². The molecule has 0 aromatic heterocycles. The summed E-state index contributed by atoms with van der Waals surface area (Å²) in [5.41, 5.74) is 0. The van der Waals surface area contributed by atoms with Crippen molar-refractivity contribution in [3.8, 4) is 0 Å². The number of hydrogen-bond acceptors (Lipinski definition) is 11. The summed E-state index contributed by atoms with van der Waals surface area (Å²) < 4.78 is 59.5. The molecule has 4 N–H and O–H groups in total. The zero-order valence-electron chi connectivity index (χ0n) is 45.7. The van der Waals surface area contributed by atoms with E-state index >= 15 is 0 Å². The van der Waals surface area contributed by atoms with Gasteiger partial charge in [-0.1, -0.05) is 249 Å². The number of hydrogen-bond donors (Lipinski definition) is 4. The highest BCUT2D eigenvalue weighted by molar-refractivity contribution is 7.80. The third-order valence-electron chi connectivity index (χ3n) is 13.5. The fourth-order valence-corrected chi connectivity index (χ4v) is 9.59. The van der Waals surface area contributed by atoms with Crippen LogP contribution in [0.3, 0.4) is 0 Å². The number of carbonyl (C=O) groups excluding carboxylic acids is 1. The second-order valence-corrected chi connectivity index (χ2v) is 21.3. The molecule has 1 aliphatic rings. The van der Waals surface area contributed by atoms with E-state index in [9.17, 15) is 33.1 Å². The number of allylic oxidation sites excluding steroid dienone is 8. The Morgan fingerprint density at radius 2 is 0.958 bits per heavy atom. The van der Waals surface area contributed by atoms with E-state index in [4.69, 9.17) is 18.9 Å². The van der Waals surface area contributed by atoms with Crippen LogP contribution in [0.25, 0.3) is 0 Å². The van der Waals surface area contributed by atoms with E-state index in [0.717, 1.165) is 70.6 Å². The first kappa shape index (κ1) is 68.1. The molecule has 1 heterocycles. The van der Waals surface area contributed by atoms with Crippen LogP contribution in [-0.4, -0.2) is 97.5 Å². The van der Waals surface area contributed by atoms with Crippen LogP contribution in [0.4, 0.5) is 0 Å². The lowest BCUT2D eigenvalue weighted by atomic mass is 9.99. The van der Waals surface area contributed by atoms with Gasteiger partial charge in [0.15, 0.2) is 6.29 Å². The number of unbranched alkanes of at least 4 members (excludes halogenated alkanes) is 31.